The van der Waals surface area contributed by atoms with Crippen molar-refractivity contribution in [2.45, 2.75) is 13.1 Å². The summed E-state index contributed by atoms with van der Waals surface area (Å²) in [5.41, 5.74) is 3.40. The Balaban J connectivity index is 3.30. The first-order valence-corrected chi connectivity index (χ1v) is 4.50. The standard InChI is InChI=1S/C10H10F3NO2/c1-2-16-9(15)8-6(10(11,12)13)4-3-5-7(8)14/h3-5H,2,14H2,1H3. The molecule has 0 bridgehead atoms. The molecule has 0 atom stereocenters. The van der Waals surface area contributed by atoms with Crippen LogP contribution in [0.1, 0.15) is 22.8 Å². The largest absolute Gasteiger partial charge is 0.462 e. The molecule has 0 saturated carbocycles. The molecule has 1 aromatic rings. The summed E-state index contributed by atoms with van der Waals surface area (Å²) in [5.74, 6) is -1.06. The van der Waals surface area contributed by atoms with E-state index in [1.54, 1.807) is 0 Å². The average Bonchev–Trinajstić information content (AvgIpc) is 2.16. The number of hydrogen-bond donors (Lipinski definition) is 1. The van der Waals surface area contributed by atoms with Gasteiger partial charge in [0.1, 0.15) is 0 Å². The molecule has 6 heteroatoms. The molecule has 0 aromatic heterocycles. The summed E-state index contributed by atoms with van der Waals surface area (Å²) in [4.78, 5) is 11.3. The number of alkyl halides is 3. The zero-order valence-corrected chi connectivity index (χ0v) is 8.47. The third-order valence-corrected chi connectivity index (χ3v) is 1.88. The Bertz CT molecular complexity index is 402. The highest BCUT2D eigenvalue weighted by Crippen LogP contribution is 2.34. The molecule has 0 saturated heterocycles. The van der Waals surface area contributed by atoms with Crippen LogP contribution in [0.3, 0.4) is 0 Å². The van der Waals surface area contributed by atoms with Gasteiger partial charge in [0.05, 0.1) is 17.7 Å². The zero-order valence-electron chi connectivity index (χ0n) is 8.47. The number of carbonyl (C=O) groups is 1. The van der Waals surface area contributed by atoms with Crippen molar-refractivity contribution >= 4 is 11.7 Å². The van der Waals surface area contributed by atoms with Gasteiger partial charge in [0.25, 0.3) is 0 Å². The monoisotopic (exact) mass is 233 g/mol. The van der Waals surface area contributed by atoms with Crippen molar-refractivity contribution in [1.82, 2.24) is 0 Å². The van der Waals surface area contributed by atoms with Crippen molar-refractivity contribution in [1.29, 1.82) is 0 Å². The fraction of sp³-hybridized carbons (Fsp3) is 0.300. The van der Waals surface area contributed by atoms with E-state index in [2.05, 4.69) is 4.74 Å². The predicted molar refractivity (Wildman–Crippen MR) is 51.8 cm³/mol. The highest BCUT2D eigenvalue weighted by molar-refractivity contribution is 5.96. The maximum absolute atomic E-state index is 12.6. The third-order valence-electron chi connectivity index (χ3n) is 1.88. The maximum atomic E-state index is 12.6. The van der Waals surface area contributed by atoms with Gasteiger partial charge in [-0.25, -0.2) is 4.79 Å². The van der Waals surface area contributed by atoms with E-state index in [1.165, 1.54) is 13.0 Å². The lowest BCUT2D eigenvalue weighted by atomic mass is 10.1. The quantitative estimate of drug-likeness (QED) is 0.630. The lowest BCUT2D eigenvalue weighted by Gasteiger charge is -2.13. The average molecular weight is 233 g/mol. The molecule has 0 fully saturated rings. The second-order valence-corrected chi connectivity index (χ2v) is 2.99. The highest BCUT2D eigenvalue weighted by atomic mass is 19.4. The van der Waals surface area contributed by atoms with Crippen LogP contribution >= 0.6 is 0 Å². The number of esters is 1. The van der Waals surface area contributed by atoms with Crippen molar-refractivity contribution in [3.63, 3.8) is 0 Å². The molecular formula is C10H10F3NO2. The van der Waals surface area contributed by atoms with Gasteiger partial charge >= 0.3 is 12.1 Å². The molecule has 0 aliphatic heterocycles. The minimum absolute atomic E-state index is 0.00946. The van der Waals surface area contributed by atoms with Crippen LogP contribution in [0.5, 0.6) is 0 Å². The Labute approximate surface area is 90.0 Å². The minimum atomic E-state index is -4.63. The van der Waals surface area contributed by atoms with Crippen molar-refractivity contribution in [2.24, 2.45) is 0 Å². The van der Waals surface area contributed by atoms with Crippen molar-refractivity contribution in [2.75, 3.05) is 12.3 Å². The number of nitrogen functional groups attached to an aromatic ring is 1. The number of benzene rings is 1. The van der Waals surface area contributed by atoms with E-state index in [9.17, 15) is 18.0 Å². The highest BCUT2D eigenvalue weighted by Gasteiger charge is 2.36. The Morgan fingerprint density at radius 3 is 2.56 bits per heavy atom. The van der Waals surface area contributed by atoms with Gasteiger partial charge in [0, 0.05) is 5.69 Å². The van der Waals surface area contributed by atoms with Crippen molar-refractivity contribution in [3.05, 3.63) is 29.3 Å². The molecule has 1 aromatic carbocycles. The fourth-order valence-electron chi connectivity index (χ4n) is 1.24. The molecular weight excluding hydrogens is 223 g/mol. The van der Waals surface area contributed by atoms with E-state index < -0.39 is 23.3 Å². The van der Waals surface area contributed by atoms with E-state index in [-0.39, 0.29) is 12.3 Å². The first-order chi connectivity index (χ1) is 7.38. The lowest BCUT2D eigenvalue weighted by molar-refractivity contribution is -0.138. The Kier molecular flexibility index (Phi) is 3.41. The van der Waals surface area contributed by atoms with Crippen LogP contribution in [-0.2, 0) is 10.9 Å². The van der Waals surface area contributed by atoms with E-state index in [0.717, 1.165) is 12.1 Å². The Morgan fingerprint density at radius 1 is 1.44 bits per heavy atom. The minimum Gasteiger partial charge on any atom is -0.462 e. The van der Waals surface area contributed by atoms with Crippen molar-refractivity contribution in [3.8, 4) is 0 Å². The van der Waals surface area contributed by atoms with Gasteiger partial charge in [-0.1, -0.05) is 6.07 Å². The molecule has 88 valence electrons. The first-order valence-electron chi connectivity index (χ1n) is 4.50. The molecule has 3 nitrogen and oxygen atoms in total. The van der Waals surface area contributed by atoms with Gasteiger partial charge in [-0.3, -0.25) is 0 Å². The van der Waals surface area contributed by atoms with Crippen LogP contribution in [0.15, 0.2) is 18.2 Å². The molecule has 0 radical (unpaired) electrons. The topological polar surface area (TPSA) is 52.3 Å². The van der Waals surface area contributed by atoms with Crippen molar-refractivity contribution < 1.29 is 22.7 Å². The number of anilines is 1. The van der Waals surface area contributed by atoms with E-state index in [0.29, 0.717) is 0 Å². The van der Waals surface area contributed by atoms with Gasteiger partial charge in [-0.05, 0) is 19.1 Å². The van der Waals surface area contributed by atoms with Gasteiger partial charge < -0.3 is 10.5 Å². The van der Waals surface area contributed by atoms with Gasteiger partial charge in [-0.2, -0.15) is 13.2 Å². The second kappa shape index (κ2) is 4.42. The molecule has 0 heterocycles. The van der Waals surface area contributed by atoms with Crippen LogP contribution in [0.2, 0.25) is 0 Å². The molecule has 2 N–H and O–H groups in total. The predicted octanol–water partition coefficient (Wildman–Crippen LogP) is 2.46. The van der Waals surface area contributed by atoms with Crippen LogP contribution in [0, 0.1) is 0 Å². The summed E-state index contributed by atoms with van der Waals surface area (Å²) < 4.78 is 42.2. The number of halogens is 3. The van der Waals surface area contributed by atoms with Crippen LogP contribution < -0.4 is 5.73 Å². The van der Waals surface area contributed by atoms with Crippen LogP contribution in [0.4, 0.5) is 18.9 Å². The number of hydrogen-bond acceptors (Lipinski definition) is 3. The fourth-order valence-corrected chi connectivity index (χ4v) is 1.24. The van der Waals surface area contributed by atoms with Gasteiger partial charge in [-0.15, -0.1) is 0 Å². The van der Waals surface area contributed by atoms with E-state index >= 15 is 0 Å². The normalized spacial score (nSPS) is 11.2. The molecule has 0 spiro atoms. The molecule has 0 aliphatic rings. The van der Waals surface area contributed by atoms with Gasteiger partial charge in [0.2, 0.25) is 0 Å². The Morgan fingerprint density at radius 2 is 2.06 bits per heavy atom. The lowest BCUT2D eigenvalue weighted by Crippen LogP contribution is -2.17. The molecule has 0 unspecified atom stereocenters. The van der Waals surface area contributed by atoms with Gasteiger partial charge in [0.15, 0.2) is 0 Å². The number of nitrogens with two attached hydrogens (primary N) is 1. The molecule has 0 aliphatic carbocycles. The van der Waals surface area contributed by atoms with E-state index in [4.69, 9.17) is 5.73 Å². The van der Waals surface area contributed by atoms with E-state index in [1.807, 2.05) is 0 Å². The number of rotatable bonds is 2. The second-order valence-electron chi connectivity index (χ2n) is 2.99. The molecule has 1 rings (SSSR count). The summed E-state index contributed by atoms with van der Waals surface area (Å²) in [6.45, 7) is 1.49. The molecule has 16 heavy (non-hydrogen) atoms. The summed E-state index contributed by atoms with van der Waals surface area (Å²) in [7, 11) is 0. The third kappa shape index (κ3) is 2.44. The van der Waals surface area contributed by atoms with Crippen LogP contribution in [0.25, 0.3) is 0 Å². The molecule has 0 amide bonds. The first kappa shape index (κ1) is 12.4. The maximum Gasteiger partial charge on any atom is 0.417 e. The van der Waals surface area contributed by atoms with Crippen LogP contribution in [-0.4, -0.2) is 12.6 Å². The number of carbonyl (C=O) groups excluding carboxylic acids is 1. The summed E-state index contributed by atoms with van der Waals surface area (Å²) in [5, 5.41) is 0. The summed E-state index contributed by atoms with van der Waals surface area (Å²) in [6, 6.07) is 3.16. The SMILES string of the molecule is CCOC(=O)c1c(N)cccc1C(F)(F)F. The Hall–Kier alpha value is -1.72. The summed E-state index contributed by atoms with van der Waals surface area (Å²) >= 11 is 0. The number of ether oxygens (including phenoxy) is 1. The smallest absolute Gasteiger partial charge is 0.417 e. The zero-order chi connectivity index (χ0) is 12.3. The summed E-state index contributed by atoms with van der Waals surface area (Å²) in [6.07, 6.45) is -4.63.